The fourth-order valence-electron chi connectivity index (χ4n) is 12.9. The summed E-state index contributed by atoms with van der Waals surface area (Å²) in [5.74, 6) is 2.59. The lowest BCUT2D eigenvalue weighted by Gasteiger charge is -2.18. The number of hydrogen-bond donors (Lipinski definition) is 0. The maximum atomic E-state index is 15.9. The molecule has 0 bridgehead atoms. The monoisotopic (exact) mass is 1110 g/mol. The quantitative estimate of drug-likeness (QED) is 0.0358. The van der Waals surface area contributed by atoms with Crippen LogP contribution in [0.3, 0.4) is 0 Å². The first-order valence-electron chi connectivity index (χ1n) is 32.4. The van der Waals surface area contributed by atoms with Gasteiger partial charge in [-0.15, -0.1) is 22.7 Å². The van der Waals surface area contributed by atoms with Gasteiger partial charge in [0.1, 0.15) is 11.5 Å². The second kappa shape index (κ2) is 31.7. The van der Waals surface area contributed by atoms with E-state index >= 15 is 9.59 Å². The zero-order valence-corrected chi connectivity index (χ0v) is 51.7. The van der Waals surface area contributed by atoms with Crippen LogP contribution in [0.1, 0.15) is 250 Å². The summed E-state index contributed by atoms with van der Waals surface area (Å²) < 4.78 is 17.7. The molecule has 79 heavy (non-hydrogen) atoms. The zero-order chi connectivity index (χ0) is 55.3. The summed E-state index contributed by atoms with van der Waals surface area (Å²) in [5, 5.41) is 3.48. The normalized spacial score (nSPS) is 12.9. The van der Waals surface area contributed by atoms with Crippen LogP contribution in [0.15, 0.2) is 70.3 Å². The molecule has 0 N–H and O–H groups in total. The molecule has 2 unspecified atom stereocenters. The SMILES string of the molecule is CCCCCCCCCCC(CCCCCCCC)COc1ccc2c(c1)c1c(-c3ccc(C)s3)c(=O)n3c4ccc(OCC(CCCCCCCC)CCCCCCCCCC)cc4c4c(-c5ccc(CC)s5)c(=O)n2c1c43. The maximum Gasteiger partial charge on any atom is 0.265 e. The van der Waals surface area contributed by atoms with Gasteiger partial charge in [-0.3, -0.25) is 18.4 Å². The van der Waals surface area contributed by atoms with Gasteiger partial charge >= 0.3 is 0 Å². The van der Waals surface area contributed by atoms with Crippen LogP contribution in [-0.4, -0.2) is 22.0 Å². The first-order valence-corrected chi connectivity index (χ1v) is 34.1. The topological polar surface area (TPSA) is 61.4 Å². The summed E-state index contributed by atoms with van der Waals surface area (Å²) in [6.45, 7) is 14.8. The van der Waals surface area contributed by atoms with Crippen molar-refractivity contribution in [2.75, 3.05) is 13.2 Å². The number of thiophene rings is 2. The predicted molar refractivity (Wildman–Crippen MR) is 345 cm³/mol. The molecule has 2 atom stereocenters. The molecule has 0 spiro atoms. The summed E-state index contributed by atoms with van der Waals surface area (Å²) in [5.41, 5.74) is 4.46. The number of rotatable bonds is 41. The van der Waals surface area contributed by atoms with Gasteiger partial charge in [-0.05, 0) is 112 Å². The van der Waals surface area contributed by atoms with Crippen molar-refractivity contribution in [1.29, 1.82) is 0 Å². The summed E-state index contributed by atoms with van der Waals surface area (Å²) >= 11 is 3.34. The zero-order valence-electron chi connectivity index (χ0n) is 50.0. The van der Waals surface area contributed by atoms with Crippen LogP contribution in [-0.2, 0) is 6.42 Å². The van der Waals surface area contributed by atoms with Crippen molar-refractivity contribution < 1.29 is 9.47 Å². The van der Waals surface area contributed by atoms with Gasteiger partial charge < -0.3 is 9.47 Å². The molecule has 8 aromatic rings. The molecule has 8 rings (SSSR count). The Labute approximate surface area is 483 Å². The van der Waals surface area contributed by atoms with Crippen LogP contribution < -0.4 is 20.6 Å². The number of aryl methyl sites for hydroxylation is 2. The molecule has 6 nitrogen and oxygen atoms in total. The molecule has 2 aromatic carbocycles. The Hall–Kier alpha value is -4.40. The van der Waals surface area contributed by atoms with Crippen LogP contribution in [0.25, 0.3) is 64.5 Å². The number of aromatic nitrogens is 2. The minimum Gasteiger partial charge on any atom is -0.493 e. The number of pyridine rings is 2. The van der Waals surface area contributed by atoms with Crippen LogP contribution in [0.4, 0.5) is 0 Å². The number of nitrogens with zero attached hydrogens (tertiary/aromatic N) is 2. The number of unbranched alkanes of at least 4 members (excludes halogenated alkanes) is 24. The maximum absolute atomic E-state index is 15.9. The summed E-state index contributed by atoms with van der Waals surface area (Å²) in [7, 11) is 0. The predicted octanol–water partition coefficient (Wildman–Crippen LogP) is 22.1. The molecule has 0 aliphatic carbocycles. The molecule has 430 valence electrons. The fraction of sp³-hybridized carbons (Fsp3) is 0.606. The van der Waals surface area contributed by atoms with Crippen molar-refractivity contribution in [3.8, 4) is 32.4 Å². The van der Waals surface area contributed by atoms with E-state index in [9.17, 15) is 0 Å². The fourth-order valence-corrected chi connectivity index (χ4v) is 14.8. The van der Waals surface area contributed by atoms with E-state index < -0.39 is 0 Å². The Bertz CT molecular complexity index is 3170. The van der Waals surface area contributed by atoms with E-state index in [0.717, 1.165) is 76.2 Å². The average Bonchev–Trinajstić information content (AvgIpc) is 2.51. The van der Waals surface area contributed by atoms with Crippen LogP contribution >= 0.6 is 22.7 Å². The molecule has 0 amide bonds. The van der Waals surface area contributed by atoms with Gasteiger partial charge in [0.15, 0.2) is 0 Å². The summed E-state index contributed by atoms with van der Waals surface area (Å²) in [4.78, 5) is 35.9. The Morgan fingerprint density at radius 2 is 0.772 bits per heavy atom. The minimum atomic E-state index is -0.0532. The molecular formula is C71H100N2O4S2. The highest BCUT2D eigenvalue weighted by Gasteiger charge is 2.31. The Morgan fingerprint density at radius 1 is 0.418 bits per heavy atom. The standard InChI is InChI=1S/C71H100N2O4S2/c1-7-12-16-20-24-26-30-34-38-53(36-32-28-22-18-14-9-3)50-76-55-41-44-60-58(48-55)64-66(62-46-40-52(6)78-62)70(74)72-61-45-42-56(77-51-54(37-33-29-23-19-15-10-4)39-35-31-27-25-21-17-13-8-2)49-59(61)65-67(63-47-43-57(11-5)79-63)71(75)73(60)68(64)69(65)72/h40-49,53-54H,7-39,50-51H2,1-6H3. The molecule has 0 aliphatic heterocycles. The van der Waals surface area contributed by atoms with E-state index in [2.05, 4.69) is 102 Å². The Morgan fingerprint density at radius 3 is 1.11 bits per heavy atom. The summed E-state index contributed by atoms with van der Waals surface area (Å²) in [6.07, 6.45) is 42.4. The highest BCUT2D eigenvalue weighted by atomic mass is 32.1. The number of ether oxygens (including phenoxy) is 2. The molecule has 6 heterocycles. The third-order valence-electron chi connectivity index (χ3n) is 17.5. The molecule has 0 fully saturated rings. The number of benzene rings is 2. The van der Waals surface area contributed by atoms with E-state index in [1.165, 1.54) is 210 Å². The average molecular weight is 1110 g/mol. The van der Waals surface area contributed by atoms with E-state index in [0.29, 0.717) is 36.2 Å². The van der Waals surface area contributed by atoms with E-state index in [-0.39, 0.29) is 11.1 Å². The molecule has 6 aromatic heterocycles. The summed E-state index contributed by atoms with van der Waals surface area (Å²) in [6, 6.07) is 21.1. The molecular weight excluding hydrogens is 1010 g/mol. The van der Waals surface area contributed by atoms with Gasteiger partial charge in [-0.2, -0.15) is 0 Å². The van der Waals surface area contributed by atoms with Crippen molar-refractivity contribution in [1.82, 2.24) is 8.80 Å². The lowest BCUT2D eigenvalue weighted by molar-refractivity contribution is 0.224. The van der Waals surface area contributed by atoms with Gasteiger partial charge in [0.05, 0.1) is 46.4 Å². The van der Waals surface area contributed by atoms with Crippen molar-refractivity contribution in [2.24, 2.45) is 11.8 Å². The Kier molecular flexibility index (Phi) is 24.4. The minimum absolute atomic E-state index is 0.0490. The smallest absolute Gasteiger partial charge is 0.265 e. The van der Waals surface area contributed by atoms with Gasteiger partial charge in [0.2, 0.25) is 0 Å². The highest BCUT2D eigenvalue weighted by molar-refractivity contribution is 7.16. The lowest BCUT2D eigenvalue weighted by atomic mass is 9.94. The molecule has 0 aliphatic rings. The van der Waals surface area contributed by atoms with Crippen molar-refractivity contribution in [3.63, 3.8) is 0 Å². The number of fused-ring (bicyclic) bond motifs is 6. The number of hydrogen-bond acceptors (Lipinski definition) is 6. The molecule has 0 saturated heterocycles. The lowest BCUT2D eigenvalue weighted by Crippen LogP contribution is -2.19. The van der Waals surface area contributed by atoms with Crippen LogP contribution in [0, 0.1) is 18.8 Å². The van der Waals surface area contributed by atoms with E-state index in [1.54, 1.807) is 22.7 Å². The van der Waals surface area contributed by atoms with Crippen molar-refractivity contribution >= 4 is 66.3 Å². The van der Waals surface area contributed by atoms with Crippen LogP contribution in [0.5, 0.6) is 11.5 Å². The van der Waals surface area contributed by atoms with Crippen LogP contribution in [0.2, 0.25) is 0 Å². The third kappa shape index (κ3) is 15.6. The Balaban J connectivity index is 1.17. The van der Waals surface area contributed by atoms with Gasteiger partial charge in [-0.1, -0.05) is 214 Å². The van der Waals surface area contributed by atoms with E-state index in [4.69, 9.17) is 9.47 Å². The molecule has 0 radical (unpaired) electrons. The molecule has 0 saturated carbocycles. The second-order valence-corrected chi connectivity index (χ2v) is 26.3. The van der Waals surface area contributed by atoms with Gasteiger partial charge in [0.25, 0.3) is 11.1 Å². The van der Waals surface area contributed by atoms with Gasteiger partial charge in [0, 0.05) is 41.1 Å². The van der Waals surface area contributed by atoms with E-state index in [1.807, 2.05) is 8.80 Å². The van der Waals surface area contributed by atoms with Crippen molar-refractivity contribution in [2.45, 2.75) is 253 Å². The highest BCUT2D eigenvalue weighted by Crippen LogP contribution is 2.46. The van der Waals surface area contributed by atoms with Crippen molar-refractivity contribution in [3.05, 3.63) is 91.1 Å². The largest absolute Gasteiger partial charge is 0.493 e. The molecule has 8 heteroatoms. The first kappa shape index (κ1) is 60.7. The van der Waals surface area contributed by atoms with Gasteiger partial charge in [-0.25, -0.2) is 0 Å². The second-order valence-electron chi connectivity index (χ2n) is 23.9. The third-order valence-corrected chi connectivity index (χ3v) is 19.8. The first-order chi connectivity index (χ1) is 38.8.